The molecule has 3 rings (SSSR count). The average molecular weight is 435 g/mol. The Morgan fingerprint density at radius 2 is 1.93 bits per heavy atom. The van der Waals surface area contributed by atoms with Gasteiger partial charge in [0.05, 0.1) is 24.9 Å². The molecule has 0 saturated carbocycles. The summed E-state index contributed by atoms with van der Waals surface area (Å²) in [5, 5.41) is 6.68. The predicted octanol–water partition coefficient (Wildman–Crippen LogP) is 5.36. The zero-order valence-corrected chi connectivity index (χ0v) is 20.7. The molecule has 0 aliphatic carbocycles. The first-order valence-electron chi connectivity index (χ1n) is 10.9. The Kier molecular flexibility index (Phi) is 6.29. The second kappa shape index (κ2) is 8.17. The van der Waals surface area contributed by atoms with E-state index in [1.807, 2.05) is 26.8 Å². The van der Waals surface area contributed by atoms with Crippen molar-refractivity contribution in [1.82, 2.24) is 5.32 Å². The number of carbonyl (C=O) groups is 1. The number of hydrogen-bond donors (Lipinski definition) is 2. The van der Waals surface area contributed by atoms with Gasteiger partial charge in [0.25, 0.3) is 0 Å². The molecule has 1 fully saturated rings. The molecule has 0 aromatic heterocycles. The maximum Gasteiger partial charge on any atom is 0.407 e. The van der Waals surface area contributed by atoms with Crippen LogP contribution in [0, 0.1) is 0 Å². The minimum atomic E-state index is -1.86. The minimum Gasteiger partial charge on any atom is -0.444 e. The third kappa shape index (κ3) is 5.37. The van der Waals surface area contributed by atoms with Crippen LogP contribution in [0.5, 0.6) is 0 Å². The van der Waals surface area contributed by atoms with Gasteiger partial charge < -0.3 is 24.5 Å². The molecular formula is C23H38N2O4Si. The van der Waals surface area contributed by atoms with Crippen molar-refractivity contribution in [3.05, 3.63) is 29.3 Å². The monoisotopic (exact) mass is 434 g/mol. The molecule has 168 valence electrons. The molecule has 1 amide bonds. The Morgan fingerprint density at radius 3 is 2.57 bits per heavy atom. The van der Waals surface area contributed by atoms with Crippen molar-refractivity contribution in [2.75, 3.05) is 11.9 Å². The van der Waals surface area contributed by atoms with Crippen LogP contribution in [0.15, 0.2) is 18.2 Å². The Bertz CT molecular complexity index is 782. The summed E-state index contributed by atoms with van der Waals surface area (Å²) in [6, 6.07) is 6.50. The number of nitrogens with one attached hydrogen (secondary N) is 2. The lowest BCUT2D eigenvalue weighted by Gasteiger charge is -2.47. The van der Waals surface area contributed by atoms with Crippen molar-refractivity contribution in [2.24, 2.45) is 0 Å². The van der Waals surface area contributed by atoms with E-state index in [-0.39, 0.29) is 23.3 Å². The van der Waals surface area contributed by atoms with Gasteiger partial charge in [0.2, 0.25) is 0 Å². The second-order valence-electron chi connectivity index (χ2n) is 11.0. The van der Waals surface area contributed by atoms with Crippen LogP contribution in [0.4, 0.5) is 10.5 Å². The molecule has 1 aromatic carbocycles. The molecule has 1 aromatic rings. The van der Waals surface area contributed by atoms with Crippen molar-refractivity contribution in [2.45, 2.75) is 96.5 Å². The fraction of sp³-hybridized carbons (Fsp3) is 0.696. The Labute approximate surface area is 182 Å². The number of anilines is 1. The normalized spacial score (nSPS) is 23.9. The van der Waals surface area contributed by atoms with Crippen molar-refractivity contribution in [1.29, 1.82) is 0 Å². The number of rotatable bonds is 4. The molecule has 7 heteroatoms. The first-order valence-corrected chi connectivity index (χ1v) is 13.8. The van der Waals surface area contributed by atoms with Gasteiger partial charge in [-0.3, -0.25) is 0 Å². The summed E-state index contributed by atoms with van der Waals surface area (Å²) in [6.45, 7) is 18.0. The van der Waals surface area contributed by atoms with Gasteiger partial charge in [-0.15, -0.1) is 0 Å². The number of benzene rings is 1. The summed E-state index contributed by atoms with van der Waals surface area (Å²) in [4.78, 5) is 11.9. The highest BCUT2D eigenvalue weighted by atomic mass is 28.4. The number of alkyl carbamates (subject to hydrolysis) is 1. The molecule has 2 aliphatic rings. The fourth-order valence-corrected chi connectivity index (χ4v) is 4.97. The molecule has 30 heavy (non-hydrogen) atoms. The lowest BCUT2D eigenvalue weighted by molar-refractivity contribution is -0.0620. The van der Waals surface area contributed by atoms with E-state index in [0.29, 0.717) is 13.2 Å². The molecule has 0 spiro atoms. The Balaban J connectivity index is 1.66. The Morgan fingerprint density at radius 1 is 1.23 bits per heavy atom. The van der Waals surface area contributed by atoms with Gasteiger partial charge in [0.1, 0.15) is 5.60 Å². The smallest absolute Gasteiger partial charge is 0.407 e. The molecule has 2 aliphatic heterocycles. The van der Waals surface area contributed by atoms with Gasteiger partial charge in [-0.25, -0.2) is 4.79 Å². The summed E-state index contributed by atoms with van der Waals surface area (Å²) >= 11 is 0. The van der Waals surface area contributed by atoms with Crippen LogP contribution in [-0.4, -0.2) is 38.8 Å². The van der Waals surface area contributed by atoms with Gasteiger partial charge in [-0.05, 0) is 56.6 Å². The standard InChI is InChI=1S/C23H38N2O4Si/c1-22(2,3)28-21(26)24-13-15-9-10-17-16(11-15)19-12-18(25-17)20(14-27-19)29-30(7,8)23(4,5)6/h9-11,18-20,25H,12-14H2,1-8H3,(H,24,26)/t18?,19-,20+/m0/s1. The van der Waals surface area contributed by atoms with Crippen LogP contribution >= 0.6 is 0 Å². The summed E-state index contributed by atoms with van der Waals surface area (Å²) in [5.41, 5.74) is 2.78. The predicted molar refractivity (Wildman–Crippen MR) is 122 cm³/mol. The SMILES string of the molecule is CC(C)(C)OC(=O)NCc1ccc2c(c1)[C@@H]1CC(N2)[C@H](O[Si](C)(C)C(C)(C)C)CO1. The van der Waals surface area contributed by atoms with Gasteiger partial charge in [0.15, 0.2) is 8.32 Å². The van der Waals surface area contributed by atoms with E-state index in [0.717, 1.165) is 23.2 Å². The van der Waals surface area contributed by atoms with Crippen molar-refractivity contribution < 1.29 is 18.7 Å². The van der Waals surface area contributed by atoms with E-state index in [9.17, 15) is 4.79 Å². The van der Waals surface area contributed by atoms with Crippen LogP contribution in [0.3, 0.4) is 0 Å². The molecule has 6 nitrogen and oxygen atoms in total. The first-order chi connectivity index (χ1) is 13.7. The van der Waals surface area contributed by atoms with E-state index in [4.69, 9.17) is 13.9 Å². The third-order valence-corrected chi connectivity index (χ3v) is 10.8. The third-order valence-electron chi connectivity index (χ3n) is 6.27. The second-order valence-corrected chi connectivity index (χ2v) is 15.8. The topological polar surface area (TPSA) is 68.8 Å². The van der Waals surface area contributed by atoms with E-state index in [1.165, 1.54) is 0 Å². The van der Waals surface area contributed by atoms with E-state index in [1.54, 1.807) is 0 Å². The molecule has 1 saturated heterocycles. The molecular weight excluding hydrogens is 396 g/mol. The van der Waals surface area contributed by atoms with Crippen LogP contribution in [0.1, 0.15) is 65.2 Å². The number of fused-ring (bicyclic) bond motifs is 4. The highest BCUT2D eigenvalue weighted by molar-refractivity contribution is 6.74. The lowest BCUT2D eigenvalue weighted by atomic mass is 9.89. The van der Waals surface area contributed by atoms with Crippen LogP contribution in [0.2, 0.25) is 18.1 Å². The highest BCUT2D eigenvalue weighted by Gasteiger charge is 2.44. The summed E-state index contributed by atoms with van der Waals surface area (Å²) < 4.78 is 18.2. The van der Waals surface area contributed by atoms with Gasteiger partial charge >= 0.3 is 6.09 Å². The number of hydrogen-bond acceptors (Lipinski definition) is 5. The van der Waals surface area contributed by atoms with Crippen molar-refractivity contribution >= 4 is 20.1 Å². The number of amides is 1. The van der Waals surface area contributed by atoms with Crippen LogP contribution < -0.4 is 10.6 Å². The van der Waals surface area contributed by atoms with Gasteiger partial charge in [-0.1, -0.05) is 26.8 Å². The van der Waals surface area contributed by atoms with E-state index < -0.39 is 20.0 Å². The molecule has 2 N–H and O–H groups in total. The van der Waals surface area contributed by atoms with Crippen molar-refractivity contribution in [3.63, 3.8) is 0 Å². The number of ether oxygens (including phenoxy) is 2. The van der Waals surface area contributed by atoms with Gasteiger partial charge in [-0.2, -0.15) is 0 Å². The molecule has 2 heterocycles. The molecule has 3 atom stereocenters. The fourth-order valence-electron chi connectivity index (χ4n) is 3.63. The number of carbonyl (C=O) groups excluding carboxylic acids is 1. The van der Waals surface area contributed by atoms with Crippen molar-refractivity contribution in [3.8, 4) is 0 Å². The zero-order chi connectivity index (χ0) is 22.3. The largest absolute Gasteiger partial charge is 0.444 e. The minimum absolute atomic E-state index is 0.0620. The summed E-state index contributed by atoms with van der Waals surface area (Å²) in [6.07, 6.45) is 0.628. The van der Waals surface area contributed by atoms with Crippen LogP contribution in [-0.2, 0) is 20.4 Å². The van der Waals surface area contributed by atoms with Crippen LogP contribution in [0.25, 0.3) is 0 Å². The van der Waals surface area contributed by atoms with E-state index in [2.05, 4.69) is 56.6 Å². The lowest BCUT2D eigenvalue weighted by Crippen LogP contribution is -2.54. The molecule has 1 unspecified atom stereocenters. The van der Waals surface area contributed by atoms with Gasteiger partial charge in [0, 0.05) is 24.2 Å². The highest BCUT2D eigenvalue weighted by Crippen LogP contribution is 2.43. The Hall–Kier alpha value is -1.57. The molecule has 2 bridgehead atoms. The zero-order valence-electron chi connectivity index (χ0n) is 19.7. The van der Waals surface area contributed by atoms with E-state index >= 15 is 0 Å². The summed E-state index contributed by atoms with van der Waals surface area (Å²) in [7, 11) is -1.86. The maximum atomic E-state index is 11.9. The summed E-state index contributed by atoms with van der Waals surface area (Å²) in [5.74, 6) is 0. The maximum absolute atomic E-state index is 11.9. The quantitative estimate of drug-likeness (QED) is 0.625. The molecule has 0 radical (unpaired) electrons. The average Bonchev–Trinajstić information content (AvgIpc) is 2.60. The first kappa shape index (κ1) is 23.1.